The fraction of sp³-hybridized carbons (Fsp3) is 0. The van der Waals surface area contributed by atoms with E-state index in [4.69, 9.17) is 15.0 Å². The van der Waals surface area contributed by atoms with Crippen molar-refractivity contribution in [1.29, 1.82) is 0 Å². The zero-order chi connectivity index (χ0) is 19.2. The van der Waals surface area contributed by atoms with Crippen molar-refractivity contribution < 1.29 is 0 Å². The normalized spacial score (nSPS) is 11.4. The summed E-state index contributed by atoms with van der Waals surface area (Å²) in [5.74, 6) is 0.706. The summed E-state index contributed by atoms with van der Waals surface area (Å²) in [5, 5.41) is 0.999. The molecule has 29 heavy (non-hydrogen) atoms. The minimum atomic E-state index is 0.706. The Morgan fingerprint density at radius 3 is 2.07 bits per heavy atom. The summed E-state index contributed by atoms with van der Waals surface area (Å²) in [4.78, 5) is 14.8. The van der Waals surface area contributed by atoms with Crippen LogP contribution in [-0.2, 0) is 0 Å². The van der Waals surface area contributed by atoms with Crippen LogP contribution >= 0.6 is 0 Å². The van der Waals surface area contributed by atoms with Crippen LogP contribution in [0.4, 0.5) is 0 Å². The molecule has 0 radical (unpaired) electrons. The van der Waals surface area contributed by atoms with E-state index >= 15 is 0 Å². The van der Waals surface area contributed by atoms with Crippen LogP contribution in [-0.4, -0.2) is 19.4 Å². The van der Waals surface area contributed by atoms with E-state index in [1.165, 1.54) is 0 Å². The summed E-state index contributed by atoms with van der Waals surface area (Å²) in [5.41, 5.74) is 6.72. The van der Waals surface area contributed by atoms with Crippen molar-refractivity contribution in [3.63, 3.8) is 0 Å². The molecule has 6 aromatic rings. The minimum absolute atomic E-state index is 0.706. The largest absolute Gasteiger partial charge is 0.298 e. The van der Waals surface area contributed by atoms with Crippen molar-refractivity contribution in [2.24, 2.45) is 0 Å². The molecule has 3 aromatic carbocycles. The van der Waals surface area contributed by atoms with Crippen LogP contribution in [0, 0.1) is 0 Å². The van der Waals surface area contributed by atoms with Gasteiger partial charge in [0.2, 0.25) is 0 Å². The Bertz CT molecular complexity index is 1490. The van der Waals surface area contributed by atoms with Crippen LogP contribution in [0.25, 0.3) is 50.2 Å². The van der Waals surface area contributed by atoms with Gasteiger partial charge in [-0.2, -0.15) is 0 Å². The third-order valence-electron chi connectivity index (χ3n) is 5.22. The fourth-order valence-corrected chi connectivity index (χ4v) is 3.84. The number of rotatable bonds is 2. The molecule has 0 fully saturated rings. The molecule has 4 heteroatoms. The summed E-state index contributed by atoms with van der Waals surface area (Å²) in [6.07, 6.45) is 2.06. The van der Waals surface area contributed by atoms with E-state index in [1.54, 1.807) is 0 Å². The molecule has 4 nitrogen and oxygen atoms in total. The molecule has 0 aliphatic rings. The van der Waals surface area contributed by atoms with E-state index in [-0.39, 0.29) is 0 Å². The van der Waals surface area contributed by atoms with Gasteiger partial charge in [-0.05, 0) is 18.2 Å². The monoisotopic (exact) mass is 372 g/mol. The number of hydrogen-bond donors (Lipinski definition) is 0. The minimum Gasteiger partial charge on any atom is -0.298 e. The molecule has 0 N–H and O–H groups in total. The van der Waals surface area contributed by atoms with Crippen LogP contribution in [0.5, 0.6) is 0 Å². The third kappa shape index (κ3) is 2.50. The lowest BCUT2D eigenvalue weighted by Crippen LogP contribution is -1.97. The summed E-state index contributed by atoms with van der Waals surface area (Å²) >= 11 is 0. The number of aromatic nitrogens is 4. The highest BCUT2D eigenvalue weighted by molar-refractivity contribution is 6.02. The van der Waals surface area contributed by atoms with E-state index in [2.05, 4.69) is 34.9 Å². The molecule has 3 aromatic heterocycles. The van der Waals surface area contributed by atoms with Gasteiger partial charge in [-0.25, -0.2) is 15.0 Å². The average Bonchev–Trinajstić information content (AvgIpc) is 3.19. The Kier molecular flexibility index (Phi) is 3.43. The molecule has 136 valence electrons. The first kappa shape index (κ1) is 16.0. The summed E-state index contributed by atoms with van der Waals surface area (Å²) in [6, 6.07) is 30.6. The lowest BCUT2D eigenvalue weighted by atomic mass is 10.1. The summed E-state index contributed by atoms with van der Waals surface area (Å²) in [6.45, 7) is 0. The molecule has 0 atom stereocenters. The summed E-state index contributed by atoms with van der Waals surface area (Å²) in [7, 11) is 0. The third-order valence-corrected chi connectivity index (χ3v) is 5.22. The molecular weight excluding hydrogens is 356 g/mol. The SMILES string of the molecule is c1ccc(-c2nc(-c3ccccc3)c3ccn4c5ccccc5nc4c3n2)cc1. The number of hydrogen-bond acceptors (Lipinski definition) is 3. The van der Waals surface area contributed by atoms with Crippen molar-refractivity contribution in [2.45, 2.75) is 0 Å². The van der Waals surface area contributed by atoms with E-state index in [9.17, 15) is 0 Å². The highest BCUT2D eigenvalue weighted by atomic mass is 15.0. The van der Waals surface area contributed by atoms with Crippen LogP contribution in [0.3, 0.4) is 0 Å². The zero-order valence-corrected chi connectivity index (χ0v) is 15.5. The quantitative estimate of drug-likeness (QED) is 0.388. The second-order valence-corrected chi connectivity index (χ2v) is 7.00. The van der Waals surface area contributed by atoms with Crippen LogP contribution < -0.4 is 0 Å². The van der Waals surface area contributed by atoms with E-state index in [1.807, 2.05) is 66.7 Å². The Labute approximate surface area is 167 Å². The molecule has 0 aliphatic heterocycles. The van der Waals surface area contributed by atoms with Crippen LogP contribution in [0.1, 0.15) is 0 Å². The smallest absolute Gasteiger partial charge is 0.164 e. The molecule has 0 amide bonds. The molecule has 0 saturated heterocycles. The fourth-order valence-electron chi connectivity index (χ4n) is 3.84. The first-order valence-electron chi connectivity index (χ1n) is 9.57. The molecule has 0 aliphatic carbocycles. The number of imidazole rings is 1. The van der Waals surface area contributed by atoms with E-state index in [0.717, 1.165) is 44.4 Å². The van der Waals surface area contributed by atoms with Gasteiger partial charge in [0.1, 0.15) is 5.52 Å². The Morgan fingerprint density at radius 2 is 1.28 bits per heavy atom. The van der Waals surface area contributed by atoms with Crippen molar-refractivity contribution in [1.82, 2.24) is 19.4 Å². The van der Waals surface area contributed by atoms with Crippen LogP contribution in [0.2, 0.25) is 0 Å². The highest BCUT2D eigenvalue weighted by Crippen LogP contribution is 2.32. The lowest BCUT2D eigenvalue weighted by Gasteiger charge is -2.10. The van der Waals surface area contributed by atoms with Gasteiger partial charge in [0, 0.05) is 22.7 Å². The highest BCUT2D eigenvalue weighted by Gasteiger charge is 2.16. The van der Waals surface area contributed by atoms with Gasteiger partial charge < -0.3 is 0 Å². The number of fused-ring (bicyclic) bond motifs is 5. The first-order valence-corrected chi connectivity index (χ1v) is 9.57. The van der Waals surface area contributed by atoms with Crippen molar-refractivity contribution in [2.75, 3.05) is 0 Å². The number of benzene rings is 3. The van der Waals surface area contributed by atoms with E-state index in [0.29, 0.717) is 5.82 Å². The van der Waals surface area contributed by atoms with Gasteiger partial charge in [0.25, 0.3) is 0 Å². The van der Waals surface area contributed by atoms with Crippen molar-refractivity contribution in [3.05, 3.63) is 97.2 Å². The van der Waals surface area contributed by atoms with E-state index < -0.39 is 0 Å². The first-order chi connectivity index (χ1) is 14.4. The van der Waals surface area contributed by atoms with Gasteiger partial charge in [-0.1, -0.05) is 72.8 Å². The number of nitrogens with zero attached hydrogens (tertiary/aromatic N) is 4. The predicted molar refractivity (Wildman–Crippen MR) is 117 cm³/mol. The molecule has 0 spiro atoms. The number of pyridine rings is 1. The van der Waals surface area contributed by atoms with Gasteiger partial charge in [-0.15, -0.1) is 0 Å². The second kappa shape index (κ2) is 6.24. The van der Waals surface area contributed by atoms with Gasteiger partial charge >= 0.3 is 0 Å². The second-order valence-electron chi connectivity index (χ2n) is 7.00. The maximum atomic E-state index is 4.96. The molecule has 0 unspecified atom stereocenters. The number of para-hydroxylation sites is 2. The Balaban J connectivity index is 1.77. The maximum Gasteiger partial charge on any atom is 0.164 e. The van der Waals surface area contributed by atoms with Crippen molar-refractivity contribution in [3.8, 4) is 22.6 Å². The van der Waals surface area contributed by atoms with Gasteiger partial charge in [-0.3, -0.25) is 4.40 Å². The molecule has 0 bridgehead atoms. The molecule has 6 rings (SSSR count). The average molecular weight is 372 g/mol. The Morgan fingerprint density at radius 1 is 0.586 bits per heavy atom. The molecule has 3 heterocycles. The van der Waals surface area contributed by atoms with Gasteiger partial charge in [0.05, 0.1) is 16.7 Å². The standard InChI is InChI=1S/C25H16N4/c1-3-9-17(10-4-1)22-19-15-16-29-21-14-8-7-13-20(21)26-25(29)23(19)28-24(27-22)18-11-5-2-6-12-18/h1-16H. The Hall–Kier alpha value is -4.05. The van der Waals surface area contributed by atoms with Gasteiger partial charge in [0.15, 0.2) is 11.5 Å². The topological polar surface area (TPSA) is 43.1 Å². The van der Waals surface area contributed by atoms with Crippen molar-refractivity contribution >= 4 is 27.6 Å². The molecule has 0 saturated carbocycles. The maximum absolute atomic E-state index is 4.96. The zero-order valence-electron chi connectivity index (χ0n) is 15.5. The van der Waals surface area contributed by atoms with Crippen LogP contribution in [0.15, 0.2) is 97.2 Å². The predicted octanol–water partition coefficient (Wildman–Crippen LogP) is 5.76. The lowest BCUT2D eigenvalue weighted by molar-refractivity contribution is 1.19. The molecular formula is C25H16N4. The summed E-state index contributed by atoms with van der Waals surface area (Å²) < 4.78 is 2.11.